The number of halogens is 2. The lowest BCUT2D eigenvalue weighted by Crippen LogP contribution is -2.05. The van der Waals surface area contributed by atoms with Gasteiger partial charge in [0.05, 0.1) is 6.10 Å². The van der Waals surface area contributed by atoms with E-state index in [9.17, 15) is 9.50 Å². The zero-order chi connectivity index (χ0) is 14.8. The van der Waals surface area contributed by atoms with Crippen molar-refractivity contribution in [1.82, 2.24) is 0 Å². The summed E-state index contributed by atoms with van der Waals surface area (Å²) in [5.74, 6) is -0.476. The van der Waals surface area contributed by atoms with Gasteiger partial charge in [0.25, 0.3) is 0 Å². The summed E-state index contributed by atoms with van der Waals surface area (Å²) in [4.78, 5) is 0. The molecule has 0 heterocycles. The van der Waals surface area contributed by atoms with Gasteiger partial charge >= 0.3 is 0 Å². The number of hydrogen-bond acceptors (Lipinski definition) is 1. The number of aliphatic hydroxyl groups excluding tert-OH is 1. The second-order valence-corrected chi connectivity index (χ2v) is 5.44. The third kappa shape index (κ3) is 2.92. The summed E-state index contributed by atoms with van der Waals surface area (Å²) in [5.41, 5.74) is 1.10. The first-order valence-corrected chi connectivity index (χ1v) is 7.12. The highest BCUT2D eigenvalue weighted by atomic mass is 35.5. The predicted octanol–water partition coefficient (Wildman–Crippen LogP) is 4.91. The Morgan fingerprint density at radius 1 is 0.952 bits per heavy atom. The molecule has 3 aromatic carbocycles. The molecular weight excluding hydrogens is 287 g/mol. The molecule has 0 amide bonds. The first-order valence-electron chi connectivity index (χ1n) is 6.75. The van der Waals surface area contributed by atoms with E-state index in [0.29, 0.717) is 6.42 Å². The van der Waals surface area contributed by atoms with Gasteiger partial charge in [-0.2, -0.15) is 0 Å². The van der Waals surface area contributed by atoms with E-state index < -0.39 is 11.9 Å². The molecule has 3 aromatic rings. The van der Waals surface area contributed by atoms with Gasteiger partial charge in [-0.05, 0) is 28.5 Å². The number of fused-ring (bicyclic) bond motifs is 1. The van der Waals surface area contributed by atoms with Gasteiger partial charge in [0.1, 0.15) is 5.82 Å². The quantitative estimate of drug-likeness (QED) is 0.729. The molecule has 0 saturated carbocycles. The summed E-state index contributed by atoms with van der Waals surface area (Å²) in [6.45, 7) is 0. The van der Waals surface area contributed by atoms with E-state index in [2.05, 4.69) is 0 Å². The minimum absolute atomic E-state index is 0.160. The fourth-order valence-corrected chi connectivity index (χ4v) is 2.81. The molecule has 0 aliphatic carbocycles. The SMILES string of the molecule is OC(Cc1ccc2ccccc2c1)c1c(F)cccc1Cl. The van der Waals surface area contributed by atoms with Crippen LogP contribution < -0.4 is 0 Å². The van der Waals surface area contributed by atoms with E-state index in [1.807, 2.05) is 42.5 Å². The molecule has 0 bridgehead atoms. The first kappa shape index (κ1) is 14.1. The second kappa shape index (κ2) is 5.84. The van der Waals surface area contributed by atoms with Crippen LogP contribution in [0, 0.1) is 5.82 Å². The van der Waals surface area contributed by atoms with E-state index in [1.54, 1.807) is 6.07 Å². The monoisotopic (exact) mass is 300 g/mol. The Hall–Kier alpha value is -1.90. The molecule has 0 aliphatic heterocycles. The van der Waals surface area contributed by atoms with Gasteiger partial charge in [0.15, 0.2) is 0 Å². The molecular formula is C18H14ClFO. The fourth-order valence-electron chi connectivity index (χ4n) is 2.52. The molecule has 0 fully saturated rings. The van der Waals surface area contributed by atoms with Crippen molar-refractivity contribution in [2.45, 2.75) is 12.5 Å². The average Bonchev–Trinajstić information content (AvgIpc) is 2.47. The number of hydrogen-bond donors (Lipinski definition) is 1. The molecule has 1 N–H and O–H groups in total. The van der Waals surface area contributed by atoms with Crippen molar-refractivity contribution in [1.29, 1.82) is 0 Å². The van der Waals surface area contributed by atoms with Gasteiger partial charge in [-0.3, -0.25) is 0 Å². The highest BCUT2D eigenvalue weighted by Gasteiger charge is 2.17. The van der Waals surface area contributed by atoms with Crippen molar-refractivity contribution in [3.8, 4) is 0 Å². The topological polar surface area (TPSA) is 20.2 Å². The molecule has 0 spiro atoms. The molecule has 106 valence electrons. The van der Waals surface area contributed by atoms with E-state index in [1.165, 1.54) is 12.1 Å². The average molecular weight is 301 g/mol. The maximum Gasteiger partial charge on any atom is 0.130 e. The minimum atomic E-state index is -0.958. The molecule has 3 rings (SSSR count). The Labute approximate surface area is 127 Å². The zero-order valence-electron chi connectivity index (χ0n) is 11.3. The molecule has 0 aliphatic rings. The Kier molecular flexibility index (Phi) is 3.91. The van der Waals surface area contributed by atoms with Gasteiger partial charge in [-0.15, -0.1) is 0 Å². The Morgan fingerprint density at radius 2 is 1.71 bits per heavy atom. The maximum absolute atomic E-state index is 13.8. The third-order valence-corrected chi connectivity index (χ3v) is 3.91. The smallest absolute Gasteiger partial charge is 0.130 e. The van der Waals surface area contributed by atoms with E-state index in [0.717, 1.165) is 16.3 Å². The maximum atomic E-state index is 13.8. The van der Waals surface area contributed by atoms with Crippen molar-refractivity contribution in [3.05, 3.63) is 82.6 Å². The van der Waals surface area contributed by atoms with E-state index in [4.69, 9.17) is 11.6 Å². The van der Waals surface area contributed by atoms with Gasteiger partial charge in [-0.25, -0.2) is 4.39 Å². The van der Waals surface area contributed by atoms with Gasteiger partial charge in [0.2, 0.25) is 0 Å². The largest absolute Gasteiger partial charge is 0.388 e. The third-order valence-electron chi connectivity index (χ3n) is 3.58. The van der Waals surface area contributed by atoms with E-state index in [-0.39, 0.29) is 10.6 Å². The lowest BCUT2D eigenvalue weighted by Gasteiger charge is -2.14. The van der Waals surface area contributed by atoms with Crippen molar-refractivity contribution in [3.63, 3.8) is 0 Å². The molecule has 1 atom stereocenters. The van der Waals surface area contributed by atoms with Crippen LogP contribution in [0.4, 0.5) is 4.39 Å². The summed E-state index contributed by atoms with van der Waals surface area (Å²) in [6, 6.07) is 18.4. The summed E-state index contributed by atoms with van der Waals surface area (Å²) in [6.07, 6.45) is -0.634. The molecule has 3 heteroatoms. The Bertz CT molecular complexity index is 765. The van der Waals surface area contributed by atoms with Crippen LogP contribution >= 0.6 is 11.6 Å². The molecule has 0 saturated heterocycles. The molecule has 0 aromatic heterocycles. The lowest BCUT2D eigenvalue weighted by molar-refractivity contribution is 0.174. The highest BCUT2D eigenvalue weighted by Crippen LogP contribution is 2.29. The molecule has 21 heavy (non-hydrogen) atoms. The van der Waals surface area contributed by atoms with Crippen LogP contribution in [0.3, 0.4) is 0 Å². The number of aliphatic hydroxyl groups is 1. The van der Waals surface area contributed by atoms with Crippen molar-refractivity contribution >= 4 is 22.4 Å². The van der Waals surface area contributed by atoms with Crippen molar-refractivity contribution in [2.75, 3.05) is 0 Å². The molecule has 1 unspecified atom stereocenters. The van der Waals surface area contributed by atoms with Gasteiger partial charge in [-0.1, -0.05) is 60.1 Å². The van der Waals surface area contributed by atoms with Crippen molar-refractivity contribution in [2.24, 2.45) is 0 Å². The van der Waals surface area contributed by atoms with E-state index >= 15 is 0 Å². The fraction of sp³-hybridized carbons (Fsp3) is 0.111. The number of benzene rings is 3. The summed E-state index contributed by atoms with van der Waals surface area (Å²) in [7, 11) is 0. The van der Waals surface area contributed by atoms with Crippen LogP contribution in [0.2, 0.25) is 5.02 Å². The first-order chi connectivity index (χ1) is 10.1. The molecule has 1 nitrogen and oxygen atoms in total. The summed E-state index contributed by atoms with van der Waals surface area (Å²) >= 11 is 5.99. The van der Waals surface area contributed by atoms with Crippen LogP contribution in [-0.2, 0) is 6.42 Å². The molecule has 0 radical (unpaired) electrons. The van der Waals surface area contributed by atoms with Gasteiger partial charge < -0.3 is 5.11 Å². The van der Waals surface area contributed by atoms with Gasteiger partial charge in [0, 0.05) is 17.0 Å². The van der Waals surface area contributed by atoms with Crippen LogP contribution in [0.5, 0.6) is 0 Å². The number of rotatable bonds is 3. The highest BCUT2D eigenvalue weighted by molar-refractivity contribution is 6.31. The van der Waals surface area contributed by atoms with Crippen LogP contribution in [0.25, 0.3) is 10.8 Å². The van der Waals surface area contributed by atoms with Crippen LogP contribution in [-0.4, -0.2) is 5.11 Å². The van der Waals surface area contributed by atoms with Crippen molar-refractivity contribution < 1.29 is 9.50 Å². The Morgan fingerprint density at radius 3 is 2.48 bits per heavy atom. The lowest BCUT2D eigenvalue weighted by atomic mass is 9.98. The zero-order valence-corrected chi connectivity index (χ0v) is 12.0. The normalized spacial score (nSPS) is 12.5. The summed E-state index contributed by atoms with van der Waals surface area (Å²) < 4.78 is 13.8. The van der Waals surface area contributed by atoms with Crippen LogP contribution in [0.1, 0.15) is 17.2 Å². The standard InChI is InChI=1S/C18H14ClFO/c19-15-6-3-7-16(20)18(15)17(21)11-12-8-9-13-4-1-2-5-14(13)10-12/h1-10,17,21H,11H2. The Balaban J connectivity index is 1.91. The van der Waals surface area contributed by atoms with Crippen LogP contribution in [0.15, 0.2) is 60.7 Å². The minimum Gasteiger partial charge on any atom is -0.388 e. The second-order valence-electron chi connectivity index (χ2n) is 5.04. The summed E-state index contributed by atoms with van der Waals surface area (Å²) in [5, 5.41) is 12.8. The predicted molar refractivity (Wildman–Crippen MR) is 84.0 cm³/mol.